The molecule has 2 nitrogen and oxygen atoms in total. The van der Waals surface area contributed by atoms with Gasteiger partial charge in [-0.3, -0.25) is 0 Å². The van der Waals surface area contributed by atoms with Gasteiger partial charge in [-0.25, -0.2) is 4.79 Å². The number of fused-ring (bicyclic) bond motifs is 3. The van der Waals surface area contributed by atoms with Gasteiger partial charge in [-0.2, -0.15) is 0 Å². The summed E-state index contributed by atoms with van der Waals surface area (Å²) < 4.78 is 0. The largest absolute Gasteiger partial charge is 0.478 e. The van der Waals surface area contributed by atoms with E-state index in [0.29, 0.717) is 5.56 Å². The highest BCUT2D eigenvalue weighted by Crippen LogP contribution is 2.53. The lowest BCUT2D eigenvalue weighted by Gasteiger charge is -2.26. The Kier molecular flexibility index (Phi) is 6.14. The fourth-order valence-electron chi connectivity index (χ4n) is 6.11. The number of hydrogen-bond donors (Lipinski definition) is 1. The zero-order chi connectivity index (χ0) is 27.8. The van der Waals surface area contributed by atoms with Crippen molar-refractivity contribution in [3.63, 3.8) is 0 Å². The Morgan fingerprint density at radius 3 is 1.22 bits per heavy atom. The van der Waals surface area contributed by atoms with Crippen LogP contribution in [0, 0.1) is 0 Å². The summed E-state index contributed by atoms with van der Waals surface area (Å²) in [7, 11) is 0. The molecular weight excluding hydrogens is 500 g/mol. The first-order chi connectivity index (χ1) is 20.2. The van der Waals surface area contributed by atoms with E-state index in [1.165, 1.54) is 0 Å². The fourth-order valence-corrected chi connectivity index (χ4v) is 6.11. The molecule has 0 atom stereocenters. The molecule has 0 unspecified atom stereocenters. The molecule has 0 radical (unpaired) electrons. The minimum absolute atomic E-state index is 0.298. The van der Waals surface area contributed by atoms with Gasteiger partial charge in [0.05, 0.1) is 5.56 Å². The lowest BCUT2D eigenvalue weighted by atomic mass is 9.76. The van der Waals surface area contributed by atoms with Crippen molar-refractivity contribution in [1.82, 2.24) is 0 Å². The summed E-state index contributed by atoms with van der Waals surface area (Å²) in [5.74, 6) is -0.941. The molecule has 0 saturated carbocycles. The second-order valence-corrected chi connectivity index (χ2v) is 10.2. The molecule has 7 rings (SSSR count). The Morgan fingerprint density at radius 2 is 0.780 bits per heavy atom. The van der Waals surface area contributed by atoms with Gasteiger partial charge in [0.1, 0.15) is 0 Å². The van der Waals surface area contributed by atoms with E-state index in [2.05, 4.69) is 66.7 Å². The van der Waals surface area contributed by atoms with Crippen molar-refractivity contribution in [3.8, 4) is 44.5 Å². The third kappa shape index (κ3) is 4.18. The van der Waals surface area contributed by atoms with Crippen LogP contribution in [0.25, 0.3) is 66.1 Å². The van der Waals surface area contributed by atoms with Gasteiger partial charge in [0.2, 0.25) is 0 Å². The predicted molar refractivity (Wildman–Crippen MR) is 170 cm³/mol. The summed E-state index contributed by atoms with van der Waals surface area (Å²) in [6.45, 7) is 0. The van der Waals surface area contributed by atoms with E-state index < -0.39 is 5.97 Å². The molecule has 194 valence electrons. The van der Waals surface area contributed by atoms with Gasteiger partial charge in [0, 0.05) is 5.39 Å². The summed E-state index contributed by atoms with van der Waals surface area (Å²) in [4.78, 5) is 13.1. The highest BCUT2D eigenvalue weighted by molar-refractivity contribution is 6.29. The Hall–Kier alpha value is -5.47. The van der Waals surface area contributed by atoms with Crippen LogP contribution in [0.4, 0.5) is 0 Å². The van der Waals surface area contributed by atoms with Crippen molar-refractivity contribution in [2.75, 3.05) is 0 Å². The Balaban J connectivity index is 1.88. The molecule has 0 heterocycles. The van der Waals surface area contributed by atoms with E-state index >= 15 is 0 Å². The van der Waals surface area contributed by atoms with E-state index in [0.717, 1.165) is 66.1 Å². The van der Waals surface area contributed by atoms with Crippen LogP contribution in [0.1, 0.15) is 10.4 Å². The molecular formula is C39H26O2. The first-order valence-corrected chi connectivity index (χ1v) is 13.7. The van der Waals surface area contributed by atoms with Gasteiger partial charge in [0.15, 0.2) is 0 Å². The SMILES string of the molecule is O=C(O)c1cc2ccccc2c2c(-c3ccccc3)c(-c3ccccc3)c(-c3ccccc3)c(-c3ccccc3)c12. The number of carbonyl (C=O) groups is 1. The second-order valence-electron chi connectivity index (χ2n) is 10.2. The number of benzene rings is 7. The molecule has 0 amide bonds. The number of hydrogen-bond acceptors (Lipinski definition) is 1. The normalized spacial score (nSPS) is 11.1. The van der Waals surface area contributed by atoms with Crippen LogP contribution in [0.3, 0.4) is 0 Å². The first-order valence-electron chi connectivity index (χ1n) is 13.7. The van der Waals surface area contributed by atoms with E-state index in [1.807, 2.05) is 84.9 Å². The minimum atomic E-state index is -0.941. The molecule has 0 aliphatic carbocycles. The predicted octanol–water partition coefficient (Wildman–Crippen LogP) is 10.4. The van der Waals surface area contributed by atoms with E-state index in [1.54, 1.807) is 0 Å². The molecule has 1 N–H and O–H groups in total. The lowest BCUT2D eigenvalue weighted by molar-refractivity contribution is 0.0699. The number of aromatic carboxylic acids is 1. The maximum absolute atomic E-state index is 13.1. The highest BCUT2D eigenvalue weighted by Gasteiger charge is 2.28. The van der Waals surface area contributed by atoms with Crippen LogP contribution in [0.15, 0.2) is 152 Å². The summed E-state index contributed by atoms with van der Waals surface area (Å²) in [5.41, 5.74) is 8.49. The van der Waals surface area contributed by atoms with Crippen molar-refractivity contribution >= 4 is 27.5 Å². The van der Waals surface area contributed by atoms with Gasteiger partial charge in [-0.15, -0.1) is 0 Å². The fraction of sp³-hybridized carbons (Fsp3) is 0. The molecule has 0 aliphatic heterocycles. The number of rotatable bonds is 5. The summed E-state index contributed by atoms with van der Waals surface area (Å²) in [6.07, 6.45) is 0. The molecule has 0 bridgehead atoms. The topological polar surface area (TPSA) is 37.3 Å². The standard InChI is InChI=1S/C39H26O2/c40-39(41)32-25-30-23-13-14-24-31(30)37-35(28-19-9-3-10-20-28)33(26-15-5-1-6-16-26)34(27-17-7-2-8-18-27)36(38(32)37)29-21-11-4-12-22-29/h1-25H,(H,40,41). The number of carboxylic acid groups (broad SMARTS) is 1. The maximum Gasteiger partial charge on any atom is 0.336 e. The quantitative estimate of drug-likeness (QED) is 0.227. The maximum atomic E-state index is 13.1. The van der Waals surface area contributed by atoms with Gasteiger partial charge in [-0.05, 0) is 66.7 Å². The van der Waals surface area contributed by atoms with Gasteiger partial charge < -0.3 is 5.11 Å². The summed E-state index contributed by atoms with van der Waals surface area (Å²) in [6, 6.07) is 51.3. The lowest BCUT2D eigenvalue weighted by Crippen LogP contribution is -2.04. The molecule has 0 spiro atoms. The average molecular weight is 527 g/mol. The summed E-state index contributed by atoms with van der Waals surface area (Å²) in [5, 5.41) is 14.4. The molecule has 7 aromatic carbocycles. The van der Waals surface area contributed by atoms with Crippen LogP contribution in [-0.2, 0) is 0 Å². The van der Waals surface area contributed by atoms with Crippen molar-refractivity contribution in [2.24, 2.45) is 0 Å². The highest BCUT2D eigenvalue weighted by atomic mass is 16.4. The molecule has 0 fully saturated rings. The Labute approximate surface area is 238 Å². The van der Waals surface area contributed by atoms with Crippen LogP contribution >= 0.6 is 0 Å². The molecule has 0 saturated heterocycles. The monoisotopic (exact) mass is 526 g/mol. The van der Waals surface area contributed by atoms with Crippen LogP contribution < -0.4 is 0 Å². The van der Waals surface area contributed by atoms with Gasteiger partial charge in [0.25, 0.3) is 0 Å². The molecule has 7 aromatic rings. The van der Waals surface area contributed by atoms with E-state index in [-0.39, 0.29) is 0 Å². The average Bonchev–Trinajstić information content (AvgIpc) is 3.04. The second kappa shape index (κ2) is 10.3. The van der Waals surface area contributed by atoms with Crippen molar-refractivity contribution in [3.05, 3.63) is 157 Å². The van der Waals surface area contributed by atoms with E-state index in [9.17, 15) is 9.90 Å². The van der Waals surface area contributed by atoms with Crippen molar-refractivity contribution in [2.45, 2.75) is 0 Å². The van der Waals surface area contributed by atoms with Crippen LogP contribution in [0.2, 0.25) is 0 Å². The number of carboxylic acids is 1. The third-order valence-corrected chi connectivity index (χ3v) is 7.78. The van der Waals surface area contributed by atoms with Gasteiger partial charge in [-0.1, -0.05) is 146 Å². The van der Waals surface area contributed by atoms with E-state index in [4.69, 9.17) is 0 Å². The third-order valence-electron chi connectivity index (χ3n) is 7.78. The Bertz CT molecular complexity index is 2030. The van der Waals surface area contributed by atoms with Crippen molar-refractivity contribution in [1.29, 1.82) is 0 Å². The van der Waals surface area contributed by atoms with Crippen LogP contribution in [0.5, 0.6) is 0 Å². The Morgan fingerprint density at radius 1 is 0.415 bits per heavy atom. The summed E-state index contributed by atoms with van der Waals surface area (Å²) >= 11 is 0. The smallest absolute Gasteiger partial charge is 0.336 e. The zero-order valence-electron chi connectivity index (χ0n) is 22.3. The molecule has 0 aliphatic rings. The zero-order valence-corrected chi connectivity index (χ0v) is 22.3. The molecule has 41 heavy (non-hydrogen) atoms. The van der Waals surface area contributed by atoms with Crippen LogP contribution in [-0.4, -0.2) is 11.1 Å². The molecule has 2 heteroatoms. The first kappa shape index (κ1) is 24.6. The van der Waals surface area contributed by atoms with Gasteiger partial charge >= 0.3 is 5.97 Å². The van der Waals surface area contributed by atoms with Crippen molar-refractivity contribution < 1.29 is 9.90 Å². The minimum Gasteiger partial charge on any atom is -0.478 e. The molecule has 0 aromatic heterocycles.